The number of fused-ring (bicyclic) bond motifs is 2. The second-order valence-corrected chi connectivity index (χ2v) is 8.75. The number of hydrogen-bond acceptors (Lipinski definition) is 4. The second-order valence-electron chi connectivity index (χ2n) is 8.75. The van der Waals surface area contributed by atoms with Gasteiger partial charge in [0.2, 0.25) is 11.5 Å². The zero-order valence-corrected chi connectivity index (χ0v) is 16.7. The predicted molar refractivity (Wildman–Crippen MR) is 108 cm³/mol. The molecule has 4 heterocycles. The predicted octanol–water partition coefficient (Wildman–Crippen LogP) is 1.59. The Morgan fingerprint density at radius 2 is 2.17 bits per heavy atom. The van der Waals surface area contributed by atoms with E-state index in [4.69, 9.17) is 4.74 Å². The van der Waals surface area contributed by atoms with Crippen LogP contribution in [0.3, 0.4) is 0 Å². The van der Waals surface area contributed by atoms with Gasteiger partial charge in [0.05, 0.1) is 23.8 Å². The molecule has 0 saturated carbocycles. The molecule has 1 aromatic carbocycles. The topological polar surface area (TPSA) is 91.5 Å². The van der Waals surface area contributed by atoms with E-state index in [2.05, 4.69) is 10.3 Å². The average molecular weight is 395 g/mol. The Hall–Kier alpha value is -2.67. The summed E-state index contributed by atoms with van der Waals surface area (Å²) < 4.78 is 6.36. The van der Waals surface area contributed by atoms with E-state index in [-0.39, 0.29) is 40.9 Å². The van der Waals surface area contributed by atoms with Crippen LogP contribution in [0.15, 0.2) is 29.1 Å². The van der Waals surface area contributed by atoms with Crippen LogP contribution in [-0.4, -0.2) is 53.0 Å². The number of aryl methyl sites for hydroxylation is 1. The zero-order valence-electron chi connectivity index (χ0n) is 16.7. The van der Waals surface area contributed by atoms with Crippen LogP contribution >= 0.6 is 0 Å². The normalized spacial score (nSPS) is 30.0. The number of carbonyl (C=O) groups is 2. The third-order valence-electron chi connectivity index (χ3n) is 6.89. The highest BCUT2D eigenvalue weighted by molar-refractivity contribution is 6.06. The summed E-state index contributed by atoms with van der Waals surface area (Å²) in [5, 5.41) is 3.70. The van der Waals surface area contributed by atoms with Crippen molar-refractivity contribution in [2.75, 3.05) is 19.6 Å². The van der Waals surface area contributed by atoms with Gasteiger partial charge in [0, 0.05) is 48.8 Å². The van der Waals surface area contributed by atoms with Gasteiger partial charge in [0.15, 0.2) is 0 Å². The number of pyridine rings is 1. The van der Waals surface area contributed by atoms with Crippen molar-refractivity contribution in [3.8, 4) is 0 Å². The molecule has 3 aliphatic rings. The summed E-state index contributed by atoms with van der Waals surface area (Å²) >= 11 is 0. The number of carbonyl (C=O) groups excluding carboxylic acids is 2. The van der Waals surface area contributed by atoms with Gasteiger partial charge in [-0.2, -0.15) is 0 Å². The number of ether oxygens (including phenoxy) is 1. The highest BCUT2D eigenvalue weighted by atomic mass is 16.5. The van der Waals surface area contributed by atoms with Crippen LogP contribution in [0.5, 0.6) is 0 Å². The quantitative estimate of drug-likeness (QED) is 0.826. The first-order chi connectivity index (χ1) is 13.9. The molecule has 2 N–H and O–H groups in total. The van der Waals surface area contributed by atoms with Gasteiger partial charge < -0.3 is 19.9 Å². The SMILES string of the molecule is CC(=O)NC[C@H]1[C@H]2CN(C(=O)c3cc(=O)[nH]c4ccc(C)cc34)C[C@]23CC[C@H]1O3. The van der Waals surface area contributed by atoms with Crippen LogP contribution in [0.1, 0.15) is 35.7 Å². The van der Waals surface area contributed by atoms with E-state index in [1.54, 1.807) is 0 Å². The lowest BCUT2D eigenvalue weighted by molar-refractivity contribution is -0.119. The van der Waals surface area contributed by atoms with E-state index in [9.17, 15) is 14.4 Å². The number of aromatic amines is 1. The molecule has 2 amide bonds. The van der Waals surface area contributed by atoms with E-state index in [0.29, 0.717) is 30.7 Å². The van der Waals surface area contributed by atoms with E-state index >= 15 is 0 Å². The summed E-state index contributed by atoms with van der Waals surface area (Å²) in [5.74, 6) is 0.273. The lowest BCUT2D eigenvalue weighted by Crippen LogP contribution is -2.41. The molecule has 2 bridgehead atoms. The van der Waals surface area contributed by atoms with Gasteiger partial charge >= 0.3 is 0 Å². The first-order valence-electron chi connectivity index (χ1n) is 10.2. The molecule has 5 rings (SSSR count). The number of likely N-dealkylation sites (tertiary alicyclic amines) is 1. The van der Waals surface area contributed by atoms with Crippen molar-refractivity contribution in [1.29, 1.82) is 0 Å². The minimum atomic E-state index is -0.309. The molecule has 0 aliphatic carbocycles. The molecule has 2 aromatic rings. The molecule has 3 fully saturated rings. The summed E-state index contributed by atoms with van der Waals surface area (Å²) in [6, 6.07) is 7.11. The average Bonchev–Trinajstić information content (AvgIpc) is 3.33. The maximum absolute atomic E-state index is 13.4. The highest BCUT2D eigenvalue weighted by Crippen LogP contribution is 2.54. The van der Waals surface area contributed by atoms with Crippen molar-refractivity contribution in [1.82, 2.24) is 15.2 Å². The Bertz CT molecular complexity index is 1080. The number of H-pyrrole nitrogens is 1. The molecule has 0 radical (unpaired) electrons. The van der Waals surface area contributed by atoms with Crippen molar-refractivity contribution >= 4 is 22.7 Å². The highest BCUT2D eigenvalue weighted by Gasteiger charge is 2.63. The molecule has 7 heteroatoms. The zero-order chi connectivity index (χ0) is 20.3. The van der Waals surface area contributed by atoms with Gasteiger partial charge in [-0.3, -0.25) is 14.4 Å². The molecule has 29 heavy (non-hydrogen) atoms. The van der Waals surface area contributed by atoms with E-state index in [1.165, 1.54) is 13.0 Å². The first kappa shape index (κ1) is 18.4. The largest absolute Gasteiger partial charge is 0.369 e. The first-order valence-corrected chi connectivity index (χ1v) is 10.2. The maximum atomic E-state index is 13.4. The molecule has 3 saturated heterocycles. The van der Waals surface area contributed by atoms with Crippen LogP contribution in [0.25, 0.3) is 10.9 Å². The molecular weight excluding hydrogens is 370 g/mol. The van der Waals surface area contributed by atoms with Crippen molar-refractivity contribution in [3.63, 3.8) is 0 Å². The lowest BCUT2D eigenvalue weighted by Gasteiger charge is -2.29. The Morgan fingerprint density at radius 1 is 1.34 bits per heavy atom. The van der Waals surface area contributed by atoms with Gasteiger partial charge in [-0.05, 0) is 31.9 Å². The number of nitrogens with zero attached hydrogens (tertiary/aromatic N) is 1. The summed E-state index contributed by atoms with van der Waals surface area (Å²) in [5.41, 5.74) is 1.56. The molecule has 4 atom stereocenters. The smallest absolute Gasteiger partial charge is 0.254 e. The molecule has 0 unspecified atom stereocenters. The van der Waals surface area contributed by atoms with Crippen LogP contribution in [0.4, 0.5) is 0 Å². The standard InChI is InChI=1S/C22H25N3O4/c1-12-3-4-18-14(7-12)15(8-20(27)24-18)21(28)25-10-17-16(9-23-13(2)26)19-5-6-22(17,11-25)29-19/h3-4,7-8,16-17,19H,5-6,9-11H2,1-2H3,(H,23,26)(H,24,27)/t16-,17+,19+,22+/m0/s1. The number of nitrogens with one attached hydrogen (secondary N) is 2. The van der Waals surface area contributed by atoms with Crippen LogP contribution in [0.2, 0.25) is 0 Å². The van der Waals surface area contributed by atoms with Crippen molar-refractivity contribution in [2.45, 2.75) is 38.4 Å². The second kappa shape index (κ2) is 6.42. The third kappa shape index (κ3) is 2.87. The number of benzene rings is 1. The minimum absolute atomic E-state index is 0.0434. The Balaban J connectivity index is 1.46. The molecular formula is C22H25N3O4. The fraction of sp³-hybridized carbons (Fsp3) is 0.500. The molecule has 1 aromatic heterocycles. The molecule has 1 spiro atoms. The number of rotatable bonds is 3. The molecule has 3 aliphatic heterocycles. The monoisotopic (exact) mass is 395 g/mol. The van der Waals surface area contributed by atoms with Crippen molar-refractivity contribution in [2.24, 2.45) is 11.8 Å². The van der Waals surface area contributed by atoms with Crippen LogP contribution in [0, 0.1) is 18.8 Å². The number of aromatic nitrogens is 1. The van der Waals surface area contributed by atoms with Crippen LogP contribution in [-0.2, 0) is 9.53 Å². The number of amides is 2. The Labute approximate surface area is 168 Å². The summed E-state index contributed by atoms with van der Waals surface area (Å²) in [4.78, 5) is 41.6. The summed E-state index contributed by atoms with van der Waals surface area (Å²) in [6.07, 6.45) is 2.07. The third-order valence-corrected chi connectivity index (χ3v) is 6.89. The number of hydrogen-bond donors (Lipinski definition) is 2. The van der Waals surface area contributed by atoms with Gasteiger partial charge in [0.25, 0.3) is 5.91 Å². The van der Waals surface area contributed by atoms with Gasteiger partial charge in [-0.1, -0.05) is 11.6 Å². The fourth-order valence-corrected chi connectivity index (χ4v) is 5.59. The lowest BCUT2D eigenvalue weighted by atomic mass is 9.73. The van der Waals surface area contributed by atoms with Gasteiger partial charge in [-0.25, -0.2) is 0 Å². The van der Waals surface area contributed by atoms with E-state index in [1.807, 2.05) is 30.0 Å². The fourth-order valence-electron chi connectivity index (χ4n) is 5.59. The summed E-state index contributed by atoms with van der Waals surface area (Å²) in [7, 11) is 0. The Kier molecular flexibility index (Phi) is 4.07. The summed E-state index contributed by atoms with van der Waals surface area (Å²) in [6.45, 7) is 5.22. The minimum Gasteiger partial charge on any atom is -0.369 e. The van der Waals surface area contributed by atoms with Gasteiger partial charge in [0.1, 0.15) is 0 Å². The molecule has 152 valence electrons. The van der Waals surface area contributed by atoms with Crippen LogP contribution < -0.4 is 10.9 Å². The van der Waals surface area contributed by atoms with E-state index < -0.39 is 0 Å². The van der Waals surface area contributed by atoms with Crippen molar-refractivity contribution < 1.29 is 14.3 Å². The maximum Gasteiger partial charge on any atom is 0.254 e. The van der Waals surface area contributed by atoms with Crippen molar-refractivity contribution in [3.05, 3.63) is 45.7 Å². The van der Waals surface area contributed by atoms with Gasteiger partial charge in [-0.15, -0.1) is 0 Å². The van der Waals surface area contributed by atoms with E-state index in [0.717, 1.165) is 23.8 Å². The molecule has 7 nitrogen and oxygen atoms in total. The Morgan fingerprint density at radius 3 is 2.97 bits per heavy atom.